The van der Waals surface area contributed by atoms with Gasteiger partial charge in [-0.25, -0.2) is 9.59 Å². The lowest BCUT2D eigenvalue weighted by Gasteiger charge is -2.11. The monoisotopic (exact) mass is 489 g/mol. The first kappa shape index (κ1) is 23.1. The second-order valence-corrected chi connectivity index (χ2v) is 7.56. The summed E-state index contributed by atoms with van der Waals surface area (Å²) in [6, 6.07) is 7.29. The molecule has 1 aliphatic heterocycles. The molecule has 0 atom stereocenters. The van der Waals surface area contributed by atoms with Crippen LogP contribution >= 0.6 is 11.6 Å². The zero-order chi connectivity index (χ0) is 24.4. The Morgan fingerprint density at radius 2 is 1.79 bits per heavy atom. The molecule has 0 radical (unpaired) electrons. The molecule has 11 nitrogen and oxygen atoms in total. The number of esters is 1. The number of halogens is 1. The Balaban J connectivity index is 1.51. The maximum Gasteiger partial charge on any atom is 0.347 e. The number of hydroxylamine groups is 2. The SMILES string of the molecule is CC(=O)OCOc1cc2oc(=O)c(-c3ccc(CC(=O)ON4C(=O)CCC4=O)o3)cc2cc1Cl. The molecule has 1 saturated heterocycles. The molecule has 0 N–H and O–H groups in total. The fraction of sp³-hybridized carbons (Fsp3) is 0.227. The van der Waals surface area contributed by atoms with E-state index in [-0.39, 0.29) is 59.5 Å². The average molecular weight is 490 g/mol. The van der Waals surface area contributed by atoms with E-state index >= 15 is 0 Å². The van der Waals surface area contributed by atoms with E-state index in [4.69, 9.17) is 34.7 Å². The molecule has 0 unspecified atom stereocenters. The molecule has 0 aliphatic carbocycles. The van der Waals surface area contributed by atoms with Gasteiger partial charge in [-0.05, 0) is 24.3 Å². The van der Waals surface area contributed by atoms with Gasteiger partial charge in [-0.15, -0.1) is 5.06 Å². The number of amides is 2. The van der Waals surface area contributed by atoms with Crippen LogP contribution in [0.15, 0.2) is 44.0 Å². The minimum atomic E-state index is -0.872. The summed E-state index contributed by atoms with van der Waals surface area (Å²) < 4.78 is 20.9. The van der Waals surface area contributed by atoms with E-state index < -0.39 is 29.4 Å². The van der Waals surface area contributed by atoms with Crippen molar-refractivity contribution in [1.82, 2.24) is 5.06 Å². The van der Waals surface area contributed by atoms with Gasteiger partial charge in [-0.1, -0.05) is 11.6 Å². The van der Waals surface area contributed by atoms with Crippen LogP contribution in [0, 0.1) is 0 Å². The van der Waals surface area contributed by atoms with E-state index in [1.165, 1.54) is 37.3 Å². The summed E-state index contributed by atoms with van der Waals surface area (Å²) in [5, 5.41) is 1.09. The molecular weight excluding hydrogens is 474 g/mol. The van der Waals surface area contributed by atoms with Crippen molar-refractivity contribution >= 4 is 46.3 Å². The number of carbonyl (C=O) groups excluding carboxylic acids is 4. The molecule has 0 spiro atoms. The van der Waals surface area contributed by atoms with Crippen LogP contribution in [0.25, 0.3) is 22.3 Å². The molecule has 12 heteroatoms. The largest absolute Gasteiger partial charge is 0.460 e. The molecule has 4 rings (SSSR count). The topological polar surface area (TPSA) is 143 Å². The highest BCUT2D eigenvalue weighted by molar-refractivity contribution is 6.32. The van der Waals surface area contributed by atoms with Crippen LogP contribution in [-0.2, 0) is 35.2 Å². The fourth-order valence-corrected chi connectivity index (χ4v) is 3.36. The molecule has 0 saturated carbocycles. The highest BCUT2D eigenvalue weighted by Gasteiger charge is 2.33. The number of hydrogen-bond acceptors (Lipinski definition) is 10. The highest BCUT2D eigenvalue weighted by atomic mass is 35.5. The minimum absolute atomic E-state index is 0.0153. The predicted octanol–water partition coefficient (Wildman–Crippen LogP) is 2.76. The summed E-state index contributed by atoms with van der Waals surface area (Å²) >= 11 is 6.20. The van der Waals surface area contributed by atoms with Gasteiger partial charge in [0.1, 0.15) is 34.8 Å². The molecule has 3 aromatic rings. The van der Waals surface area contributed by atoms with Crippen molar-refractivity contribution in [2.75, 3.05) is 6.79 Å². The fourth-order valence-electron chi connectivity index (χ4n) is 3.13. The second-order valence-electron chi connectivity index (χ2n) is 7.15. The van der Waals surface area contributed by atoms with E-state index in [0.29, 0.717) is 10.4 Å². The maximum absolute atomic E-state index is 12.5. The molecule has 1 fully saturated rings. The molecule has 0 bridgehead atoms. The predicted molar refractivity (Wildman–Crippen MR) is 113 cm³/mol. The van der Waals surface area contributed by atoms with Gasteiger partial charge in [-0.3, -0.25) is 14.4 Å². The van der Waals surface area contributed by atoms with Crippen molar-refractivity contribution in [1.29, 1.82) is 0 Å². The molecule has 3 heterocycles. The number of rotatable bonds is 7. The maximum atomic E-state index is 12.5. The summed E-state index contributed by atoms with van der Waals surface area (Å²) in [5.74, 6) is -2.17. The molecule has 2 amide bonds. The van der Waals surface area contributed by atoms with Crippen LogP contribution in [0.3, 0.4) is 0 Å². The summed E-state index contributed by atoms with van der Waals surface area (Å²) in [6.45, 7) is 0.866. The van der Waals surface area contributed by atoms with Gasteiger partial charge in [0.15, 0.2) is 0 Å². The normalized spacial score (nSPS) is 13.4. The van der Waals surface area contributed by atoms with Crippen molar-refractivity contribution < 1.29 is 42.3 Å². The smallest absolute Gasteiger partial charge is 0.347 e. The van der Waals surface area contributed by atoms with Crippen molar-refractivity contribution in [3.63, 3.8) is 0 Å². The first-order valence-electron chi connectivity index (χ1n) is 9.90. The quantitative estimate of drug-likeness (QED) is 0.210. The van der Waals surface area contributed by atoms with Crippen LogP contribution in [0.5, 0.6) is 5.75 Å². The number of hydrogen-bond donors (Lipinski definition) is 0. The third-order valence-electron chi connectivity index (χ3n) is 4.71. The Bertz CT molecular complexity index is 1360. The molecule has 176 valence electrons. The number of fused-ring (bicyclic) bond motifs is 1. The van der Waals surface area contributed by atoms with E-state index in [0.717, 1.165) is 0 Å². The van der Waals surface area contributed by atoms with Gasteiger partial charge in [-0.2, -0.15) is 0 Å². The second kappa shape index (κ2) is 9.40. The summed E-state index contributed by atoms with van der Waals surface area (Å²) in [4.78, 5) is 63.4. The Hall–Kier alpha value is -4.12. The van der Waals surface area contributed by atoms with Crippen LogP contribution in [0.2, 0.25) is 5.02 Å². The summed E-state index contributed by atoms with van der Waals surface area (Å²) in [7, 11) is 0. The van der Waals surface area contributed by atoms with Gasteiger partial charge < -0.3 is 23.1 Å². The lowest BCUT2D eigenvalue weighted by atomic mass is 10.1. The number of furan rings is 1. The first-order chi connectivity index (χ1) is 16.2. The van der Waals surface area contributed by atoms with Gasteiger partial charge >= 0.3 is 17.6 Å². The van der Waals surface area contributed by atoms with Gasteiger partial charge in [0.25, 0.3) is 11.8 Å². The van der Waals surface area contributed by atoms with Crippen molar-refractivity contribution in [2.45, 2.75) is 26.2 Å². The summed E-state index contributed by atoms with van der Waals surface area (Å²) in [6.07, 6.45) is -0.401. The van der Waals surface area contributed by atoms with E-state index in [9.17, 15) is 24.0 Å². The van der Waals surface area contributed by atoms with Gasteiger partial charge in [0.2, 0.25) is 6.79 Å². The van der Waals surface area contributed by atoms with Crippen molar-refractivity contribution in [2.24, 2.45) is 0 Å². The number of benzene rings is 1. The molecule has 1 aliphatic rings. The van der Waals surface area contributed by atoms with Crippen molar-refractivity contribution in [3.05, 3.63) is 51.5 Å². The minimum Gasteiger partial charge on any atom is -0.460 e. The van der Waals surface area contributed by atoms with E-state index in [1.807, 2.05) is 0 Å². The third-order valence-corrected chi connectivity index (χ3v) is 5.00. The number of carbonyl (C=O) groups is 4. The molecular formula is C22H16ClNO10. The summed E-state index contributed by atoms with van der Waals surface area (Å²) in [5.41, 5.74) is -0.481. The Morgan fingerprint density at radius 1 is 1.06 bits per heavy atom. The van der Waals surface area contributed by atoms with Crippen LogP contribution < -0.4 is 10.4 Å². The molecule has 34 heavy (non-hydrogen) atoms. The Labute approximate surface area is 195 Å². The van der Waals surface area contributed by atoms with Gasteiger partial charge in [0, 0.05) is 31.2 Å². The third kappa shape index (κ3) is 4.94. The standard InChI is InChI=1S/C22H16ClNO10/c1-11(25)30-10-31-18-9-17-12(7-15(18)23)6-14(22(29)33-17)16-3-2-13(32-16)8-21(28)34-24-19(26)4-5-20(24)27/h2-3,6-7,9H,4-5,8,10H2,1H3. The first-order valence-corrected chi connectivity index (χ1v) is 10.3. The number of ether oxygens (including phenoxy) is 2. The number of imide groups is 1. The van der Waals surface area contributed by atoms with Crippen LogP contribution in [0.4, 0.5) is 0 Å². The lowest BCUT2D eigenvalue weighted by Crippen LogP contribution is -2.32. The van der Waals surface area contributed by atoms with Gasteiger partial charge in [0.05, 0.1) is 5.02 Å². The molecule has 1 aromatic carbocycles. The zero-order valence-corrected chi connectivity index (χ0v) is 18.4. The van der Waals surface area contributed by atoms with Crippen molar-refractivity contribution in [3.8, 4) is 17.1 Å². The zero-order valence-electron chi connectivity index (χ0n) is 17.6. The average Bonchev–Trinajstić information content (AvgIpc) is 3.35. The van der Waals surface area contributed by atoms with E-state index in [2.05, 4.69) is 0 Å². The van der Waals surface area contributed by atoms with E-state index in [1.54, 1.807) is 0 Å². The van der Waals surface area contributed by atoms with Crippen LogP contribution in [0.1, 0.15) is 25.5 Å². The highest BCUT2D eigenvalue weighted by Crippen LogP contribution is 2.32. The number of nitrogens with zero attached hydrogens (tertiary/aromatic N) is 1. The molecule has 2 aromatic heterocycles. The Morgan fingerprint density at radius 3 is 2.50 bits per heavy atom. The van der Waals surface area contributed by atoms with Crippen LogP contribution in [-0.4, -0.2) is 35.6 Å². The lowest BCUT2D eigenvalue weighted by molar-refractivity contribution is -0.197. The Kier molecular flexibility index (Phi) is 6.37.